The average Bonchev–Trinajstić information content (AvgIpc) is 2.75. The molecule has 110 valence electrons. The molecule has 20 heavy (non-hydrogen) atoms. The van der Waals surface area contributed by atoms with Crippen molar-refractivity contribution in [2.24, 2.45) is 16.3 Å². The van der Waals surface area contributed by atoms with Gasteiger partial charge in [-0.2, -0.15) is 5.10 Å². The van der Waals surface area contributed by atoms with Gasteiger partial charge in [-0.3, -0.25) is 15.0 Å². The van der Waals surface area contributed by atoms with Crippen molar-refractivity contribution in [3.05, 3.63) is 0 Å². The van der Waals surface area contributed by atoms with Gasteiger partial charge in [-0.15, -0.1) is 0 Å². The maximum atomic E-state index is 12.2. The molecular formula is C12H17N3O4S. The van der Waals surface area contributed by atoms with E-state index in [2.05, 4.69) is 22.7 Å². The van der Waals surface area contributed by atoms with Gasteiger partial charge in [0.05, 0.1) is 5.71 Å². The number of nitrogens with one attached hydrogen (secondary N) is 1. The molecule has 0 aromatic rings. The highest BCUT2D eigenvalue weighted by Gasteiger charge is 2.64. The fourth-order valence-corrected chi connectivity index (χ4v) is 2.71. The van der Waals surface area contributed by atoms with Gasteiger partial charge < -0.3 is 15.2 Å². The van der Waals surface area contributed by atoms with Crippen LogP contribution >= 0.6 is 12.2 Å². The van der Waals surface area contributed by atoms with Crippen molar-refractivity contribution in [2.45, 2.75) is 45.3 Å². The number of nitrogens with zero attached hydrogens (tertiary/aromatic N) is 1. The molecule has 0 aromatic carbocycles. The van der Waals surface area contributed by atoms with Crippen molar-refractivity contribution in [3.63, 3.8) is 0 Å². The van der Waals surface area contributed by atoms with Gasteiger partial charge in [0.15, 0.2) is 16.1 Å². The number of hydrazone groups is 1. The van der Waals surface area contributed by atoms with E-state index < -0.39 is 23.0 Å². The summed E-state index contributed by atoms with van der Waals surface area (Å²) in [6.45, 7) is 5.14. The SMILES string of the molecule is C/C(=N/NC(N)=S)[C@]1(C)C[C@]2(C[C@@H](C)OC2=O)C(=O)O1. The van der Waals surface area contributed by atoms with E-state index in [0.717, 1.165) is 0 Å². The van der Waals surface area contributed by atoms with Crippen molar-refractivity contribution in [1.82, 2.24) is 5.43 Å². The Hall–Kier alpha value is -1.70. The average molecular weight is 299 g/mol. The van der Waals surface area contributed by atoms with E-state index in [4.69, 9.17) is 15.2 Å². The van der Waals surface area contributed by atoms with Gasteiger partial charge >= 0.3 is 11.9 Å². The summed E-state index contributed by atoms with van der Waals surface area (Å²) in [5.41, 5.74) is 6.05. The first-order valence-corrected chi connectivity index (χ1v) is 6.65. The Morgan fingerprint density at radius 1 is 1.50 bits per heavy atom. The van der Waals surface area contributed by atoms with Crippen molar-refractivity contribution in [1.29, 1.82) is 0 Å². The molecule has 2 rings (SSSR count). The summed E-state index contributed by atoms with van der Waals surface area (Å²) in [6, 6.07) is 0. The van der Waals surface area contributed by atoms with Gasteiger partial charge in [0.2, 0.25) is 0 Å². The summed E-state index contributed by atoms with van der Waals surface area (Å²) in [5.74, 6) is -1.08. The number of carbonyl (C=O) groups excluding carboxylic acids is 2. The Morgan fingerprint density at radius 3 is 2.65 bits per heavy atom. The number of ether oxygens (including phenoxy) is 2. The number of hydrogen-bond acceptors (Lipinski definition) is 6. The van der Waals surface area contributed by atoms with E-state index in [0.29, 0.717) is 12.1 Å². The summed E-state index contributed by atoms with van der Waals surface area (Å²) in [7, 11) is 0. The number of esters is 2. The summed E-state index contributed by atoms with van der Waals surface area (Å²) in [5, 5.41) is 4.00. The Labute approximate surface area is 121 Å². The quantitative estimate of drug-likeness (QED) is 0.247. The lowest BCUT2D eigenvalue weighted by Gasteiger charge is -2.22. The maximum absolute atomic E-state index is 12.2. The zero-order valence-corrected chi connectivity index (χ0v) is 12.4. The maximum Gasteiger partial charge on any atom is 0.324 e. The second kappa shape index (κ2) is 4.69. The minimum Gasteiger partial charge on any atom is -0.462 e. The molecule has 7 nitrogen and oxygen atoms in total. The molecule has 2 aliphatic rings. The smallest absolute Gasteiger partial charge is 0.324 e. The number of rotatable bonds is 2. The molecule has 2 saturated heterocycles. The van der Waals surface area contributed by atoms with E-state index in [9.17, 15) is 9.59 Å². The second-order valence-electron chi connectivity index (χ2n) is 5.47. The molecular weight excluding hydrogens is 282 g/mol. The molecule has 0 radical (unpaired) electrons. The van der Waals surface area contributed by atoms with Crippen molar-refractivity contribution >= 4 is 35.0 Å². The summed E-state index contributed by atoms with van der Waals surface area (Å²) >= 11 is 4.66. The molecule has 0 aliphatic carbocycles. The Bertz CT molecular complexity index is 521. The van der Waals surface area contributed by atoms with Gasteiger partial charge in [-0.25, -0.2) is 0 Å². The molecule has 0 bridgehead atoms. The van der Waals surface area contributed by atoms with Crippen LogP contribution in [0, 0.1) is 5.41 Å². The lowest BCUT2D eigenvalue weighted by atomic mass is 9.77. The highest BCUT2D eigenvalue weighted by atomic mass is 32.1. The standard InChI is InChI=1S/C12H17N3O4S/c1-6-4-12(8(16)18-6)5-11(3,19-9(12)17)7(2)14-15-10(13)20/h6H,4-5H2,1-3H3,(H3,13,15,20)/b14-7-/t6-,11+,12+/m1/s1. The minimum absolute atomic E-state index is 0.0147. The lowest BCUT2D eigenvalue weighted by Crippen LogP contribution is -2.37. The second-order valence-corrected chi connectivity index (χ2v) is 5.91. The van der Waals surface area contributed by atoms with Gasteiger partial charge in [-0.1, -0.05) is 0 Å². The largest absolute Gasteiger partial charge is 0.462 e. The van der Waals surface area contributed by atoms with Crippen molar-refractivity contribution in [3.8, 4) is 0 Å². The van der Waals surface area contributed by atoms with Crippen LogP contribution in [0.5, 0.6) is 0 Å². The normalized spacial score (nSPS) is 37.0. The number of cyclic esters (lactones) is 2. The van der Waals surface area contributed by atoms with Gasteiger partial charge in [0, 0.05) is 12.8 Å². The number of nitrogens with two attached hydrogens (primary N) is 1. The van der Waals surface area contributed by atoms with Crippen LogP contribution in [-0.4, -0.2) is 34.5 Å². The predicted octanol–water partition coefficient (Wildman–Crippen LogP) is 0.223. The van der Waals surface area contributed by atoms with Crippen LogP contribution in [0.25, 0.3) is 0 Å². The molecule has 1 spiro atoms. The third-order valence-electron chi connectivity index (χ3n) is 3.78. The van der Waals surface area contributed by atoms with Crippen LogP contribution in [0.4, 0.5) is 0 Å². The van der Waals surface area contributed by atoms with E-state index in [1.165, 1.54) is 0 Å². The molecule has 0 unspecified atom stereocenters. The fraction of sp³-hybridized carbons (Fsp3) is 0.667. The molecule has 0 amide bonds. The first-order valence-electron chi connectivity index (χ1n) is 6.24. The molecule has 0 saturated carbocycles. The van der Waals surface area contributed by atoms with Gasteiger partial charge in [0.1, 0.15) is 6.10 Å². The molecule has 2 aliphatic heterocycles. The van der Waals surface area contributed by atoms with E-state index in [-0.39, 0.29) is 17.6 Å². The Kier molecular flexibility index (Phi) is 3.45. The van der Waals surface area contributed by atoms with Crippen LogP contribution in [0.1, 0.15) is 33.6 Å². The highest BCUT2D eigenvalue weighted by molar-refractivity contribution is 7.80. The topological polar surface area (TPSA) is 103 Å². The first kappa shape index (κ1) is 14.7. The molecule has 2 fully saturated rings. The van der Waals surface area contributed by atoms with Crippen LogP contribution in [-0.2, 0) is 19.1 Å². The van der Waals surface area contributed by atoms with Crippen LogP contribution in [0.3, 0.4) is 0 Å². The molecule has 2 heterocycles. The van der Waals surface area contributed by atoms with Gasteiger partial charge in [-0.05, 0) is 33.0 Å². The molecule has 0 aromatic heterocycles. The monoisotopic (exact) mass is 299 g/mol. The molecule has 3 atom stereocenters. The predicted molar refractivity (Wildman–Crippen MR) is 74.7 cm³/mol. The number of hydrogen-bond donors (Lipinski definition) is 2. The van der Waals surface area contributed by atoms with E-state index >= 15 is 0 Å². The number of thiocarbonyl (C=S) groups is 1. The fourth-order valence-electron chi connectivity index (χ4n) is 2.67. The van der Waals surface area contributed by atoms with Crippen LogP contribution in [0.15, 0.2) is 5.10 Å². The van der Waals surface area contributed by atoms with Crippen molar-refractivity contribution in [2.75, 3.05) is 0 Å². The Morgan fingerprint density at radius 2 is 2.15 bits per heavy atom. The van der Waals surface area contributed by atoms with Crippen molar-refractivity contribution < 1.29 is 19.1 Å². The minimum atomic E-state index is -1.21. The van der Waals surface area contributed by atoms with Crippen LogP contribution < -0.4 is 11.2 Å². The highest BCUT2D eigenvalue weighted by Crippen LogP contribution is 2.49. The summed E-state index contributed by atoms with van der Waals surface area (Å²) in [4.78, 5) is 24.1. The molecule has 3 N–H and O–H groups in total. The van der Waals surface area contributed by atoms with E-state index in [1.807, 2.05) is 0 Å². The zero-order valence-electron chi connectivity index (χ0n) is 11.6. The number of carbonyl (C=O) groups is 2. The molecule has 8 heteroatoms. The first-order chi connectivity index (χ1) is 9.19. The third kappa shape index (κ3) is 2.24. The third-order valence-corrected chi connectivity index (χ3v) is 3.87. The van der Waals surface area contributed by atoms with Gasteiger partial charge in [0.25, 0.3) is 0 Å². The Balaban J connectivity index is 2.25. The summed E-state index contributed by atoms with van der Waals surface area (Å²) in [6.07, 6.45) is 0.247. The summed E-state index contributed by atoms with van der Waals surface area (Å²) < 4.78 is 10.5. The van der Waals surface area contributed by atoms with Crippen LogP contribution in [0.2, 0.25) is 0 Å². The lowest BCUT2D eigenvalue weighted by molar-refractivity contribution is -0.158. The zero-order chi connectivity index (χ0) is 15.1. The van der Waals surface area contributed by atoms with E-state index in [1.54, 1.807) is 20.8 Å².